The molecule has 0 aromatic carbocycles. The molecular weight excluding hydrogens is 212 g/mol. The van der Waals surface area contributed by atoms with Gasteiger partial charge >= 0.3 is 0 Å². The van der Waals surface area contributed by atoms with E-state index in [-0.39, 0.29) is 0 Å². The first kappa shape index (κ1) is 12.6. The van der Waals surface area contributed by atoms with Crippen molar-refractivity contribution in [2.75, 3.05) is 6.54 Å². The predicted molar refractivity (Wildman–Crippen MR) is 68.9 cm³/mol. The molecule has 0 amide bonds. The second-order valence-corrected chi connectivity index (χ2v) is 5.02. The Morgan fingerprint density at radius 2 is 2.06 bits per heavy atom. The molecule has 17 heavy (non-hydrogen) atoms. The largest absolute Gasteiger partial charge is 0.444 e. The molecule has 1 aliphatic carbocycles. The summed E-state index contributed by atoms with van der Waals surface area (Å²) < 4.78 is 5.85. The molecule has 0 saturated heterocycles. The van der Waals surface area contributed by atoms with Gasteiger partial charge in [-0.25, -0.2) is 4.98 Å². The number of oxazole rings is 1. The molecule has 0 atom stereocenters. The molecule has 1 heterocycles. The molecule has 1 aromatic heterocycles. The summed E-state index contributed by atoms with van der Waals surface area (Å²) in [5.41, 5.74) is 0. The molecule has 1 N–H and O–H groups in total. The van der Waals surface area contributed by atoms with Gasteiger partial charge in [-0.2, -0.15) is 0 Å². The second kappa shape index (κ2) is 6.80. The normalized spacial score (nSPS) is 18.2. The van der Waals surface area contributed by atoms with Crippen LogP contribution >= 0.6 is 0 Å². The van der Waals surface area contributed by atoms with Crippen LogP contribution in [-0.4, -0.2) is 11.5 Å². The quantitative estimate of drug-likeness (QED) is 0.627. The van der Waals surface area contributed by atoms with Crippen molar-refractivity contribution in [3.05, 3.63) is 17.8 Å². The van der Waals surface area contributed by atoms with Gasteiger partial charge in [0, 0.05) is 5.92 Å². The molecule has 0 radical (unpaired) electrons. The monoisotopic (exact) mass is 236 g/mol. The van der Waals surface area contributed by atoms with Crippen molar-refractivity contribution in [1.29, 1.82) is 0 Å². The maximum absolute atomic E-state index is 5.85. The summed E-state index contributed by atoms with van der Waals surface area (Å²) in [6, 6.07) is 0. The van der Waals surface area contributed by atoms with Crippen LogP contribution < -0.4 is 5.32 Å². The summed E-state index contributed by atoms with van der Waals surface area (Å²) in [6.45, 7) is 3.96. The lowest BCUT2D eigenvalue weighted by Gasteiger charge is -2.09. The molecule has 0 spiro atoms. The highest BCUT2D eigenvalue weighted by molar-refractivity contribution is 5.02. The van der Waals surface area contributed by atoms with E-state index in [1.54, 1.807) is 0 Å². The van der Waals surface area contributed by atoms with E-state index in [9.17, 15) is 0 Å². The van der Waals surface area contributed by atoms with Crippen molar-refractivity contribution in [2.24, 2.45) is 0 Å². The van der Waals surface area contributed by atoms with Crippen molar-refractivity contribution in [2.45, 2.75) is 64.3 Å². The number of hydrogen-bond acceptors (Lipinski definition) is 3. The molecule has 0 aliphatic heterocycles. The van der Waals surface area contributed by atoms with E-state index in [2.05, 4.69) is 17.2 Å². The van der Waals surface area contributed by atoms with Crippen molar-refractivity contribution in [3.63, 3.8) is 0 Å². The van der Waals surface area contributed by atoms with E-state index in [1.165, 1.54) is 38.5 Å². The molecule has 0 bridgehead atoms. The van der Waals surface area contributed by atoms with Gasteiger partial charge in [-0.05, 0) is 25.8 Å². The van der Waals surface area contributed by atoms with Crippen LogP contribution in [0.25, 0.3) is 0 Å². The number of aromatic nitrogens is 1. The molecule has 1 fully saturated rings. The first-order chi connectivity index (χ1) is 8.40. The minimum Gasteiger partial charge on any atom is -0.444 e. The second-order valence-electron chi connectivity index (χ2n) is 5.02. The first-order valence-electron chi connectivity index (χ1n) is 7.05. The van der Waals surface area contributed by atoms with Crippen molar-refractivity contribution >= 4 is 0 Å². The van der Waals surface area contributed by atoms with Gasteiger partial charge in [0.1, 0.15) is 5.76 Å². The summed E-state index contributed by atoms with van der Waals surface area (Å²) in [5, 5.41) is 3.32. The highest BCUT2D eigenvalue weighted by Crippen LogP contribution is 2.31. The van der Waals surface area contributed by atoms with Gasteiger partial charge in [0.2, 0.25) is 5.89 Å². The molecule has 1 saturated carbocycles. The molecule has 3 nitrogen and oxygen atoms in total. The Labute approximate surface area is 104 Å². The third-order valence-electron chi connectivity index (χ3n) is 3.53. The number of nitrogens with zero attached hydrogens (tertiary/aromatic N) is 1. The number of rotatable bonds is 5. The Balaban J connectivity index is 1.87. The van der Waals surface area contributed by atoms with Crippen LogP contribution in [0.3, 0.4) is 0 Å². The zero-order valence-corrected chi connectivity index (χ0v) is 10.9. The topological polar surface area (TPSA) is 38.1 Å². The lowest BCUT2D eigenvalue weighted by atomic mass is 9.98. The molecule has 1 aliphatic rings. The van der Waals surface area contributed by atoms with Crippen LogP contribution in [0, 0.1) is 0 Å². The van der Waals surface area contributed by atoms with Crippen LogP contribution in [0.2, 0.25) is 0 Å². The zero-order valence-electron chi connectivity index (χ0n) is 10.9. The van der Waals surface area contributed by atoms with E-state index in [1.807, 2.05) is 6.20 Å². The Bertz CT molecular complexity index is 314. The minimum absolute atomic E-state index is 0.616. The van der Waals surface area contributed by atoms with Crippen LogP contribution in [0.5, 0.6) is 0 Å². The van der Waals surface area contributed by atoms with Crippen molar-refractivity contribution in [3.8, 4) is 0 Å². The third-order valence-corrected chi connectivity index (χ3v) is 3.53. The summed E-state index contributed by atoms with van der Waals surface area (Å²) in [4.78, 5) is 4.36. The Morgan fingerprint density at radius 3 is 2.76 bits per heavy atom. The molecule has 2 rings (SSSR count). The average molecular weight is 236 g/mol. The minimum atomic E-state index is 0.616. The fourth-order valence-electron chi connectivity index (χ4n) is 2.53. The van der Waals surface area contributed by atoms with Gasteiger partial charge in [-0.3, -0.25) is 0 Å². The van der Waals surface area contributed by atoms with E-state index in [0.717, 1.165) is 31.2 Å². The predicted octanol–water partition coefficient (Wildman–Crippen LogP) is 3.61. The van der Waals surface area contributed by atoms with Gasteiger partial charge in [0.25, 0.3) is 0 Å². The smallest absolute Gasteiger partial charge is 0.208 e. The fraction of sp³-hybridized carbons (Fsp3) is 0.786. The molecule has 0 unspecified atom stereocenters. The van der Waals surface area contributed by atoms with Gasteiger partial charge < -0.3 is 9.73 Å². The summed E-state index contributed by atoms with van der Waals surface area (Å²) in [5.74, 6) is 2.57. The fourth-order valence-corrected chi connectivity index (χ4v) is 2.53. The average Bonchev–Trinajstić information content (AvgIpc) is 2.64. The Kier molecular flexibility index (Phi) is 5.05. The van der Waals surface area contributed by atoms with Gasteiger partial charge in [0.15, 0.2) is 0 Å². The number of hydrogen-bond donors (Lipinski definition) is 1. The standard InChI is InChI=1S/C14H24N2O/c1-2-9-15-11-14-16-10-13(17-14)12-7-5-3-4-6-8-12/h10,12,15H,2-9,11H2,1H3. The molecule has 96 valence electrons. The highest BCUT2D eigenvalue weighted by atomic mass is 16.4. The first-order valence-corrected chi connectivity index (χ1v) is 7.05. The molecule has 3 heteroatoms. The number of nitrogens with one attached hydrogen (secondary N) is 1. The van der Waals surface area contributed by atoms with Crippen molar-refractivity contribution in [1.82, 2.24) is 10.3 Å². The Hall–Kier alpha value is -0.830. The SMILES string of the molecule is CCCNCc1ncc(C2CCCCCC2)o1. The van der Waals surface area contributed by atoms with E-state index >= 15 is 0 Å². The van der Waals surface area contributed by atoms with Crippen LogP contribution in [0.15, 0.2) is 10.6 Å². The maximum Gasteiger partial charge on any atom is 0.208 e. The Morgan fingerprint density at radius 1 is 1.29 bits per heavy atom. The van der Waals surface area contributed by atoms with E-state index in [0.29, 0.717) is 5.92 Å². The lowest BCUT2D eigenvalue weighted by molar-refractivity contribution is 0.394. The highest BCUT2D eigenvalue weighted by Gasteiger charge is 2.18. The van der Waals surface area contributed by atoms with Gasteiger partial charge in [0.05, 0.1) is 12.7 Å². The maximum atomic E-state index is 5.85. The molecule has 1 aromatic rings. The van der Waals surface area contributed by atoms with Gasteiger partial charge in [-0.1, -0.05) is 32.6 Å². The zero-order chi connectivity index (χ0) is 11.9. The summed E-state index contributed by atoms with van der Waals surface area (Å²) in [6.07, 6.45) is 11.1. The van der Waals surface area contributed by atoms with Crippen molar-refractivity contribution < 1.29 is 4.42 Å². The van der Waals surface area contributed by atoms with E-state index in [4.69, 9.17) is 4.42 Å². The van der Waals surface area contributed by atoms with E-state index < -0.39 is 0 Å². The van der Waals surface area contributed by atoms with Gasteiger partial charge in [-0.15, -0.1) is 0 Å². The van der Waals surface area contributed by atoms with Crippen LogP contribution in [0.1, 0.15) is 69.4 Å². The third kappa shape index (κ3) is 3.84. The summed E-state index contributed by atoms with van der Waals surface area (Å²) in [7, 11) is 0. The van der Waals surface area contributed by atoms with Crippen LogP contribution in [0.4, 0.5) is 0 Å². The lowest BCUT2D eigenvalue weighted by Crippen LogP contribution is -2.13. The van der Waals surface area contributed by atoms with Crippen LogP contribution in [-0.2, 0) is 6.54 Å². The molecular formula is C14H24N2O. The summed E-state index contributed by atoms with van der Waals surface area (Å²) >= 11 is 0.